The summed E-state index contributed by atoms with van der Waals surface area (Å²) in [7, 11) is 13.5. The SMILES string of the molecule is C#Cc1cccc(-c2cc([C@]3(C)CC(=O)N(C)C(N)=N3)n(C)n2)c1.C#Cc1cccc(-c2cc([C@]3(C)CC(=O)N(C)C(N)=N3)nn2C)c1.C#Cc1cccc(-c2csc([C@]3(C)CC(=O)N(C)C(N)=N3)c2)c1.CC#Cc1cccc(-n2cc([C@]3(C)CC(=O)N(C)C(N)=N3)c(C)n2)c1.CC#Cc1cncc(-c2cc([C@@]3(C)N=C(N)N(C)C(=O)[C@@H]3C)sc2C)c1.CC#Cc1cncc(-c2ncc([C@]3(C)CC(=O)N(C)C(N)=N3)s2)c1. The smallest absolute Gasteiger partial charge is 0.234 e. The lowest BCUT2D eigenvalue weighted by atomic mass is 9.83. The van der Waals surface area contributed by atoms with Crippen molar-refractivity contribution in [3.8, 4) is 134 Å². The van der Waals surface area contributed by atoms with Crippen molar-refractivity contribution in [3.05, 3.63) is 252 Å². The van der Waals surface area contributed by atoms with Gasteiger partial charge >= 0.3 is 0 Å². The zero-order valence-corrected chi connectivity index (χ0v) is 87.6. The maximum atomic E-state index is 12.5. The maximum absolute atomic E-state index is 12.5. The number of aliphatic imine (C=N–C) groups is 6. The maximum Gasteiger partial charge on any atom is 0.234 e. The summed E-state index contributed by atoms with van der Waals surface area (Å²) < 4.78 is 5.31. The predicted molar refractivity (Wildman–Crippen MR) is 577 cm³/mol. The van der Waals surface area contributed by atoms with Crippen LogP contribution in [0.15, 0.2) is 206 Å². The van der Waals surface area contributed by atoms with E-state index in [2.05, 4.69) is 138 Å². The minimum absolute atomic E-state index is 0.0190. The second-order valence-electron chi connectivity index (χ2n) is 36.8. The van der Waals surface area contributed by atoms with E-state index in [1.807, 2.05) is 217 Å². The molecule has 18 rings (SSSR count). The highest BCUT2D eigenvalue weighted by molar-refractivity contribution is 7.15. The van der Waals surface area contributed by atoms with Crippen LogP contribution in [0.2, 0.25) is 0 Å². The van der Waals surface area contributed by atoms with Gasteiger partial charge in [-0.05, 0) is 189 Å². The number of aromatic nitrogens is 9. The van der Waals surface area contributed by atoms with Gasteiger partial charge in [-0.2, -0.15) is 15.3 Å². The second kappa shape index (κ2) is 43.3. The molecule has 146 heavy (non-hydrogen) atoms. The van der Waals surface area contributed by atoms with E-state index in [0.717, 1.165) is 131 Å². The molecule has 0 unspecified atom stereocenters. The monoisotopic (exact) mass is 2010 g/mol. The third-order valence-corrected chi connectivity index (χ3v) is 29.8. The molecule has 0 saturated heterocycles. The minimum atomic E-state index is -0.770. The third-order valence-electron chi connectivity index (χ3n) is 26.0. The fourth-order valence-corrected chi connectivity index (χ4v) is 20.3. The van der Waals surface area contributed by atoms with E-state index in [-0.39, 0.29) is 103 Å². The number of amides is 6. The molecule has 12 N–H and O–H groups in total. The first-order chi connectivity index (χ1) is 69.1. The Kier molecular flexibility index (Phi) is 31.5. The molecule has 0 spiro atoms. The fraction of sp³-hybridized carbons (Fsp3) is 0.291. The first kappa shape index (κ1) is 106. The lowest BCUT2D eigenvalue weighted by Crippen LogP contribution is -2.52. The number of aryl methyl sites for hydroxylation is 4. The number of carbonyl (C=O) groups is 6. The van der Waals surface area contributed by atoms with Crippen molar-refractivity contribution < 1.29 is 28.8 Å². The van der Waals surface area contributed by atoms with Crippen molar-refractivity contribution in [2.24, 2.45) is 84.4 Å². The minimum Gasteiger partial charge on any atom is -0.369 e. The number of terminal acetylenes is 3. The molecule has 0 saturated carbocycles. The van der Waals surface area contributed by atoms with Gasteiger partial charge in [0.15, 0.2) is 35.8 Å². The van der Waals surface area contributed by atoms with Gasteiger partial charge in [0, 0.05) is 169 Å². The van der Waals surface area contributed by atoms with Crippen LogP contribution in [0, 0.1) is 92.3 Å². The van der Waals surface area contributed by atoms with Gasteiger partial charge in [0.2, 0.25) is 35.4 Å². The summed E-state index contributed by atoms with van der Waals surface area (Å²) >= 11 is 4.72. The summed E-state index contributed by atoms with van der Waals surface area (Å²) in [6.45, 7) is 22.8. The molecule has 8 aromatic heterocycles. The van der Waals surface area contributed by atoms with E-state index in [1.165, 1.54) is 40.7 Å². The van der Waals surface area contributed by atoms with Crippen LogP contribution in [0.1, 0.15) is 177 Å². The number of hydrogen-bond donors (Lipinski definition) is 6. The molecule has 0 aliphatic carbocycles. The first-order valence-electron chi connectivity index (χ1n) is 46.2. The molecule has 6 aliphatic rings. The van der Waals surface area contributed by atoms with E-state index in [4.69, 9.17) is 53.7 Å². The van der Waals surface area contributed by atoms with E-state index >= 15 is 0 Å². The third kappa shape index (κ3) is 22.8. The van der Waals surface area contributed by atoms with Crippen LogP contribution in [-0.4, -0.2) is 187 Å². The lowest BCUT2D eigenvalue weighted by Gasteiger charge is -2.37. The predicted octanol–water partition coefficient (Wildman–Crippen LogP) is 12.7. The number of benzene rings is 4. The van der Waals surface area contributed by atoms with Crippen LogP contribution < -0.4 is 34.4 Å². The molecule has 36 heteroatoms. The largest absolute Gasteiger partial charge is 0.369 e. The van der Waals surface area contributed by atoms with Gasteiger partial charge in [-0.1, -0.05) is 84.9 Å². The van der Waals surface area contributed by atoms with E-state index in [9.17, 15) is 28.8 Å². The highest BCUT2D eigenvalue weighted by atomic mass is 32.1. The van der Waals surface area contributed by atoms with Crippen molar-refractivity contribution >= 4 is 105 Å². The zero-order valence-electron chi connectivity index (χ0n) is 85.1. The Hall–Kier alpha value is -17.2. The standard InChI is InChI=1S/C20H22N4OS.C19H21N5O.2C18H19N5O.C18H17N3OS.C17H17N5OS/c1-6-7-14-8-15(11-22-10-14)16-9-17(26-13(16)3)20(4)12(2)18(25)24(5)19(21)23-20;1-5-7-14-8-6-9-15(10-14)24-12-16(13(2)22-24)19(3)11-17(25)23(4)18(20)21-19;1-5-12-7-6-8-13(9-12)14-10-15(21-23(14)4)18(2)11-16(24)22(3)17(19)20-18;1-5-12-7-6-8-13(9-12)14-10-15(23(4)21-14)18(2)11-16(24)22(3)17(19)20-18;1-4-12-6-5-7-13(8-12)14-9-15(23-11-14)18(2)10-16(22)21(3)17(19)20-18;1-4-5-11-6-12(9-19-8-11)15-20-10-13(24-15)17(2)7-14(23)22(3)16(18)21-17/h8-12H,1-5H3,(H2,21,23);6,8-10,12H,11H2,1-4H3,(H2,20,21);2*1,6-10H,11H2,2-4H3,(H2,19,20);1,5-9,11H,10H2,2-3H3,(H2,19,20);6,8-10H,7H2,1-3H3,(H2,18,21)/t12-,20-;19-;3*18-;17-/m000000/s1. The number of thiophene rings is 2. The van der Waals surface area contributed by atoms with E-state index in [1.54, 1.807) is 111 Å². The zero-order chi connectivity index (χ0) is 106. The first-order valence-corrected chi connectivity index (χ1v) is 48.7. The Balaban J connectivity index is 0.000000147. The molecule has 744 valence electrons. The average molecular weight is 2010 g/mol. The number of rotatable bonds is 12. The number of guanidine groups is 6. The van der Waals surface area contributed by atoms with Crippen molar-refractivity contribution in [1.29, 1.82) is 0 Å². The van der Waals surface area contributed by atoms with Crippen LogP contribution in [0.25, 0.3) is 61.0 Å². The Labute approximate surface area is 862 Å². The molecule has 12 aromatic rings. The van der Waals surface area contributed by atoms with Crippen LogP contribution in [-0.2, 0) is 76.1 Å². The normalized spacial score (nSPS) is 20.9. The van der Waals surface area contributed by atoms with Crippen molar-refractivity contribution in [2.45, 2.75) is 148 Å². The number of carbonyl (C=O) groups excluding carboxylic acids is 6. The molecule has 0 radical (unpaired) electrons. The number of thiazole rings is 1. The van der Waals surface area contributed by atoms with E-state index < -0.39 is 33.2 Å². The Morgan fingerprint density at radius 1 is 0.404 bits per heavy atom. The molecular weight excluding hydrogens is 1890 g/mol. The van der Waals surface area contributed by atoms with Crippen LogP contribution in [0.3, 0.4) is 0 Å². The van der Waals surface area contributed by atoms with Crippen LogP contribution >= 0.6 is 34.0 Å². The summed E-state index contributed by atoms with van der Waals surface area (Å²) in [6, 6.07) is 43.0. The Bertz CT molecular complexity index is 7730. The molecule has 33 nitrogen and oxygen atoms in total. The topological polar surface area (TPSA) is 444 Å². The van der Waals surface area contributed by atoms with Gasteiger partial charge in [-0.15, -0.1) is 71.0 Å². The summed E-state index contributed by atoms with van der Waals surface area (Å²) in [5, 5.41) is 16.6. The molecule has 6 aliphatic heterocycles. The number of nitrogens with two attached hydrogens (primary N) is 6. The summed E-state index contributed by atoms with van der Waals surface area (Å²) in [4.78, 5) is 126. The molecule has 0 bridgehead atoms. The van der Waals surface area contributed by atoms with Gasteiger partial charge in [0.1, 0.15) is 32.7 Å². The van der Waals surface area contributed by atoms with Crippen molar-refractivity contribution in [3.63, 3.8) is 0 Å². The van der Waals surface area contributed by atoms with Crippen LogP contribution in [0.5, 0.6) is 0 Å². The Morgan fingerprint density at radius 3 is 1.40 bits per heavy atom. The quantitative estimate of drug-likeness (QED) is 0.0619. The summed E-state index contributed by atoms with van der Waals surface area (Å²) in [5.41, 5.74) is 49.2. The molecule has 4 aromatic carbocycles. The molecule has 14 heterocycles. The molecule has 6 amide bonds. The fourth-order valence-electron chi connectivity index (χ4n) is 17.0. The molecule has 7 atom stereocenters. The van der Waals surface area contributed by atoms with E-state index in [0.29, 0.717) is 12.1 Å². The number of hydrogen-bond acceptors (Lipinski definition) is 27. The highest BCUT2D eigenvalue weighted by Gasteiger charge is 2.47. The number of pyridine rings is 2. The molecular formula is C110H115N27O6S3. The van der Waals surface area contributed by atoms with Gasteiger partial charge in [0.05, 0.1) is 82.6 Å². The highest BCUT2D eigenvalue weighted by Crippen LogP contribution is 2.47. The van der Waals surface area contributed by atoms with Crippen molar-refractivity contribution in [1.82, 2.24) is 73.7 Å². The van der Waals surface area contributed by atoms with Gasteiger partial charge in [-0.25, -0.2) is 39.6 Å². The molecule has 0 fully saturated rings. The average Bonchev–Trinajstić information content (AvgIpc) is 1.59. The summed E-state index contributed by atoms with van der Waals surface area (Å²) in [5.74, 6) is 26.4. The van der Waals surface area contributed by atoms with Gasteiger partial charge < -0.3 is 34.4 Å². The second-order valence-corrected chi connectivity index (χ2v) is 40.0. The van der Waals surface area contributed by atoms with Crippen molar-refractivity contribution in [2.75, 3.05) is 42.3 Å². The van der Waals surface area contributed by atoms with Gasteiger partial charge in [0.25, 0.3) is 0 Å². The summed E-state index contributed by atoms with van der Waals surface area (Å²) in [6.07, 6.45) is 28.5. The van der Waals surface area contributed by atoms with Gasteiger partial charge in [-0.3, -0.25) is 77.5 Å². The number of nitrogens with zero attached hydrogens (tertiary/aromatic N) is 21. The Morgan fingerprint density at radius 2 is 0.849 bits per heavy atom. The lowest BCUT2D eigenvalue weighted by molar-refractivity contribution is -0.133. The van der Waals surface area contributed by atoms with Crippen LogP contribution in [0.4, 0.5) is 0 Å².